The van der Waals surface area contributed by atoms with Crippen molar-refractivity contribution in [2.45, 2.75) is 40.2 Å². The Morgan fingerprint density at radius 3 is 2.68 bits per heavy atom. The smallest absolute Gasteiger partial charge is 0.298 e. The van der Waals surface area contributed by atoms with Crippen LogP contribution in [0.15, 0.2) is 34.6 Å². The maximum absolute atomic E-state index is 12.9. The first-order valence-corrected chi connectivity index (χ1v) is 8.32. The molecule has 0 aliphatic rings. The topological polar surface area (TPSA) is 83.5 Å². The molecule has 1 aromatic heterocycles. The van der Waals surface area contributed by atoms with Crippen LogP contribution in [0.5, 0.6) is 11.5 Å². The van der Waals surface area contributed by atoms with Gasteiger partial charge in [0, 0.05) is 17.6 Å². The van der Waals surface area contributed by atoms with Gasteiger partial charge in [-0.05, 0) is 44.5 Å². The Kier molecular flexibility index (Phi) is 6.22. The standard InChI is InChI=1S/C19H24N2O4/c1-4-5-9-21-16-11-14(20)6-7-15(16)17(24-10-8-13(2)3)18(19(21)23)25-12-22/h6-8,11-12H,4-5,9-10,20H2,1-3H3. The molecule has 0 aliphatic heterocycles. The summed E-state index contributed by atoms with van der Waals surface area (Å²) in [4.78, 5) is 23.8. The Balaban J connectivity index is 2.71. The SMILES string of the molecule is CCCCn1c(=O)c(OC=O)c(OCC=C(C)C)c2ccc(N)cc21. The predicted molar refractivity (Wildman–Crippen MR) is 99.1 cm³/mol. The van der Waals surface area contributed by atoms with Crippen LogP contribution in [0, 0.1) is 0 Å². The average molecular weight is 344 g/mol. The highest BCUT2D eigenvalue weighted by molar-refractivity contribution is 5.90. The third-order valence-corrected chi connectivity index (χ3v) is 3.82. The predicted octanol–water partition coefficient (Wildman–Crippen LogP) is 3.26. The summed E-state index contributed by atoms with van der Waals surface area (Å²) in [6, 6.07) is 5.25. The van der Waals surface area contributed by atoms with Gasteiger partial charge in [-0.2, -0.15) is 0 Å². The van der Waals surface area contributed by atoms with Crippen LogP contribution in [0.1, 0.15) is 33.6 Å². The minimum atomic E-state index is -0.397. The average Bonchev–Trinajstić information content (AvgIpc) is 2.57. The van der Waals surface area contributed by atoms with Gasteiger partial charge in [-0.15, -0.1) is 0 Å². The second kappa shape index (κ2) is 8.37. The van der Waals surface area contributed by atoms with Crippen molar-refractivity contribution in [1.29, 1.82) is 0 Å². The Hall–Kier alpha value is -2.76. The normalized spacial score (nSPS) is 10.5. The van der Waals surface area contributed by atoms with E-state index in [9.17, 15) is 9.59 Å². The fourth-order valence-electron chi connectivity index (χ4n) is 2.54. The molecule has 134 valence electrons. The molecule has 0 atom stereocenters. The van der Waals surface area contributed by atoms with E-state index in [1.165, 1.54) is 0 Å². The van der Waals surface area contributed by atoms with Crippen molar-refractivity contribution in [3.8, 4) is 11.5 Å². The summed E-state index contributed by atoms with van der Waals surface area (Å²) in [6.45, 7) is 6.98. The molecule has 0 unspecified atom stereocenters. The zero-order valence-corrected chi connectivity index (χ0v) is 14.9. The number of aromatic nitrogens is 1. The molecule has 6 nitrogen and oxygen atoms in total. The van der Waals surface area contributed by atoms with Crippen molar-refractivity contribution >= 4 is 23.1 Å². The molecule has 0 saturated heterocycles. The number of hydrogen-bond donors (Lipinski definition) is 1. The number of aryl methyl sites for hydroxylation is 1. The van der Waals surface area contributed by atoms with E-state index in [1.54, 1.807) is 22.8 Å². The number of fused-ring (bicyclic) bond motifs is 1. The van der Waals surface area contributed by atoms with Crippen LogP contribution in [0.25, 0.3) is 10.9 Å². The van der Waals surface area contributed by atoms with E-state index >= 15 is 0 Å². The van der Waals surface area contributed by atoms with Crippen molar-refractivity contribution in [1.82, 2.24) is 4.57 Å². The van der Waals surface area contributed by atoms with E-state index in [0.717, 1.165) is 18.4 Å². The molecule has 25 heavy (non-hydrogen) atoms. The quantitative estimate of drug-likeness (QED) is 0.451. The van der Waals surface area contributed by atoms with Crippen molar-refractivity contribution < 1.29 is 14.3 Å². The first kappa shape index (κ1) is 18.6. The van der Waals surface area contributed by atoms with Gasteiger partial charge in [0.25, 0.3) is 12.0 Å². The second-order valence-corrected chi connectivity index (χ2v) is 6.05. The second-order valence-electron chi connectivity index (χ2n) is 6.05. The molecule has 0 aliphatic carbocycles. The number of hydrogen-bond acceptors (Lipinski definition) is 5. The van der Waals surface area contributed by atoms with Gasteiger partial charge in [-0.1, -0.05) is 18.9 Å². The number of nitrogens with two attached hydrogens (primary N) is 1. The van der Waals surface area contributed by atoms with E-state index in [1.807, 2.05) is 26.8 Å². The summed E-state index contributed by atoms with van der Waals surface area (Å²) in [6.07, 6.45) is 3.64. The molecular weight excluding hydrogens is 320 g/mol. The Morgan fingerprint density at radius 2 is 2.04 bits per heavy atom. The minimum Gasteiger partial charge on any atom is -0.485 e. The molecule has 2 aromatic rings. The molecule has 2 rings (SSSR count). The maximum atomic E-state index is 12.9. The summed E-state index contributed by atoms with van der Waals surface area (Å²) in [5.41, 5.74) is 7.82. The Labute approximate surface area is 146 Å². The van der Waals surface area contributed by atoms with Crippen LogP contribution in [0.4, 0.5) is 5.69 Å². The summed E-state index contributed by atoms with van der Waals surface area (Å²) in [5, 5.41) is 0.684. The van der Waals surface area contributed by atoms with Gasteiger partial charge < -0.3 is 19.8 Å². The molecule has 0 spiro atoms. The van der Waals surface area contributed by atoms with Crippen LogP contribution in [-0.4, -0.2) is 17.6 Å². The maximum Gasteiger partial charge on any atom is 0.298 e. The van der Waals surface area contributed by atoms with E-state index in [-0.39, 0.29) is 24.6 Å². The van der Waals surface area contributed by atoms with Crippen LogP contribution < -0.4 is 20.8 Å². The number of pyridine rings is 1. The first-order chi connectivity index (χ1) is 12.0. The monoisotopic (exact) mass is 344 g/mol. The molecule has 0 saturated carbocycles. The minimum absolute atomic E-state index is 0.0921. The number of nitrogens with zero attached hydrogens (tertiary/aromatic N) is 1. The lowest BCUT2D eigenvalue weighted by atomic mass is 10.1. The number of rotatable bonds is 8. The van der Waals surface area contributed by atoms with Crippen LogP contribution in [0.2, 0.25) is 0 Å². The molecule has 0 radical (unpaired) electrons. The van der Waals surface area contributed by atoms with E-state index in [0.29, 0.717) is 23.1 Å². The van der Waals surface area contributed by atoms with E-state index in [4.69, 9.17) is 15.2 Å². The lowest BCUT2D eigenvalue weighted by molar-refractivity contribution is -0.120. The van der Waals surface area contributed by atoms with Crippen LogP contribution in [0.3, 0.4) is 0 Å². The number of carbonyl (C=O) groups excluding carboxylic acids is 1. The Morgan fingerprint density at radius 1 is 1.28 bits per heavy atom. The summed E-state index contributed by atoms with van der Waals surface area (Å²) >= 11 is 0. The molecular formula is C19H24N2O4. The number of anilines is 1. The van der Waals surface area contributed by atoms with Gasteiger partial charge in [0.2, 0.25) is 5.75 Å². The van der Waals surface area contributed by atoms with Crippen LogP contribution in [-0.2, 0) is 11.3 Å². The zero-order chi connectivity index (χ0) is 18.4. The highest BCUT2D eigenvalue weighted by atomic mass is 16.5. The number of carbonyl (C=O) groups is 1. The Bertz CT molecular complexity index is 849. The first-order valence-electron chi connectivity index (χ1n) is 8.32. The number of allylic oxidation sites excluding steroid dienone is 1. The van der Waals surface area contributed by atoms with Gasteiger partial charge in [0.05, 0.1) is 5.52 Å². The molecule has 0 bridgehead atoms. The van der Waals surface area contributed by atoms with Crippen molar-refractivity contribution in [3.05, 3.63) is 40.2 Å². The van der Waals surface area contributed by atoms with Crippen molar-refractivity contribution in [3.63, 3.8) is 0 Å². The summed E-state index contributed by atoms with van der Waals surface area (Å²) < 4.78 is 12.4. The largest absolute Gasteiger partial charge is 0.485 e. The van der Waals surface area contributed by atoms with Crippen molar-refractivity contribution in [2.75, 3.05) is 12.3 Å². The third kappa shape index (κ3) is 4.21. The third-order valence-electron chi connectivity index (χ3n) is 3.82. The van der Waals surface area contributed by atoms with Crippen LogP contribution >= 0.6 is 0 Å². The van der Waals surface area contributed by atoms with Gasteiger partial charge >= 0.3 is 0 Å². The zero-order valence-electron chi connectivity index (χ0n) is 14.9. The molecule has 1 heterocycles. The molecule has 0 fully saturated rings. The van der Waals surface area contributed by atoms with Crippen molar-refractivity contribution in [2.24, 2.45) is 0 Å². The van der Waals surface area contributed by atoms with E-state index in [2.05, 4.69) is 0 Å². The fraction of sp³-hybridized carbons (Fsp3) is 0.368. The number of unbranched alkanes of at least 4 members (excludes halogenated alkanes) is 1. The number of ether oxygens (including phenoxy) is 2. The molecule has 2 N–H and O–H groups in total. The molecule has 1 aromatic carbocycles. The number of benzene rings is 1. The highest BCUT2D eigenvalue weighted by Crippen LogP contribution is 2.34. The van der Waals surface area contributed by atoms with E-state index < -0.39 is 5.56 Å². The lowest BCUT2D eigenvalue weighted by Crippen LogP contribution is -2.23. The highest BCUT2D eigenvalue weighted by Gasteiger charge is 2.19. The van der Waals surface area contributed by atoms with Gasteiger partial charge in [-0.25, -0.2) is 0 Å². The summed E-state index contributed by atoms with van der Waals surface area (Å²) in [5.74, 6) is 0.169. The summed E-state index contributed by atoms with van der Waals surface area (Å²) in [7, 11) is 0. The van der Waals surface area contributed by atoms with Gasteiger partial charge in [-0.3, -0.25) is 9.59 Å². The van der Waals surface area contributed by atoms with Gasteiger partial charge in [0.15, 0.2) is 5.75 Å². The lowest BCUT2D eigenvalue weighted by Gasteiger charge is -2.17. The number of nitrogen functional groups attached to an aromatic ring is 1. The fourth-order valence-corrected chi connectivity index (χ4v) is 2.54. The van der Waals surface area contributed by atoms with Gasteiger partial charge in [0.1, 0.15) is 6.61 Å². The molecule has 0 amide bonds. The molecule has 6 heteroatoms.